The van der Waals surface area contributed by atoms with Gasteiger partial charge in [-0.25, -0.2) is 0 Å². The van der Waals surface area contributed by atoms with Crippen molar-refractivity contribution in [2.75, 3.05) is 50.1 Å². The van der Waals surface area contributed by atoms with E-state index in [1.165, 1.54) is 18.5 Å². The summed E-state index contributed by atoms with van der Waals surface area (Å²) >= 11 is 0. The average molecular weight is 350 g/mol. The number of amides is 1. The topological polar surface area (TPSA) is 53.6 Å². The van der Waals surface area contributed by atoms with Gasteiger partial charge in [-0.05, 0) is 31.0 Å². The summed E-state index contributed by atoms with van der Waals surface area (Å²) in [5.74, 6) is -0.0281. The maximum absolute atomic E-state index is 11.8. The fourth-order valence-corrected chi connectivity index (χ4v) is 2.34. The number of anilines is 2. The van der Waals surface area contributed by atoms with Crippen LogP contribution < -0.4 is 15.5 Å². The Bertz CT molecular complexity index is 441. The molecule has 126 valence electrons. The molecule has 0 aliphatic carbocycles. The summed E-state index contributed by atoms with van der Waals surface area (Å²) in [6, 6.07) is 8.05. The van der Waals surface area contributed by atoms with Gasteiger partial charge in [0, 0.05) is 38.1 Å². The molecule has 1 aliphatic rings. The average Bonchev–Trinajstić information content (AvgIpc) is 2.98. The molecule has 5 nitrogen and oxygen atoms in total. The monoisotopic (exact) mass is 349 g/mol. The lowest BCUT2D eigenvalue weighted by Gasteiger charge is -2.18. The van der Waals surface area contributed by atoms with Crippen LogP contribution in [0.4, 0.5) is 11.4 Å². The Kier molecular flexibility index (Phi) is 11.0. The van der Waals surface area contributed by atoms with Crippen molar-refractivity contribution in [2.24, 2.45) is 0 Å². The van der Waals surface area contributed by atoms with E-state index in [9.17, 15) is 4.79 Å². The minimum absolute atomic E-state index is 0. The number of carbonyl (C=O) groups is 1. The van der Waals surface area contributed by atoms with Crippen LogP contribution in [-0.4, -0.2) is 45.8 Å². The number of halogens is 2. The Balaban J connectivity index is 0.00000220. The molecule has 0 bridgehead atoms. The van der Waals surface area contributed by atoms with Gasteiger partial charge in [0.2, 0.25) is 5.91 Å². The van der Waals surface area contributed by atoms with Crippen LogP contribution >= 0.6 is 24.8 Å². The van der Waals surface area contributed by atoms with Crippen molar-refractivity contribution in [1.82, 2.24) is 5.32 Å². The number of carbonyl (C=O) groups excluding carboxylic acids is 1. The van der Waals surface area contributed by atoms with E-state index < -0.39 is 0 Å². The molecule has 0 spiro atoms. The van der Waals surface area contributed by atoms with Gasteiger partial charge in [0.25, 0.3) is 0 Å². The second-order valence-corrected chi connectivity index (χ2v) is 4.96. The van der Waals surface area contributed by atoms with Gasteiger partial charge in [-0.3, -0.25) is 4.79 Å². The molecule has 2 rings (SSSR count). The summed E-state index contributed by atoms with van der Waals surface area (Å²) in [5, 5.41) is 5.94. The van der Waals surface area contributed by atoms with E-state index in [-0.39, 0.29) is 30.7 Å². The molecule has 0 unspecified atom stereocenters. The van der Waals surface area contributed by atoms with Crippen molar-refractivity contribution in [1.29, 1.82) is 0 Å². The normalized spacial score (nSPS) is 13.2. The van der Waals surface area contributed by atoms with Gasteiger partial charge in [-0.2, -0.15) is 0 Å². The molecule has 1 aliphatic heterocycles. The lowest BCUT2D eigenvalue weighted by atomic mass is 10.2. The first kappa shape index (κ1) is 21.0. The van der Waals surface area contributed by atoms with Crippen molar-refractivity contribution in [2.45, 2.75) is 12.8 Å². The first-order valence-electron chi connectivity index (χ1n) is 7.14. The largest absolute Gasteiger partial charge is 0.383 e. The molecule has 1 amide bonds. The van der Waals surface area contributed by atoms with Crippen molar-refractivity contribution in [3.8, 4) is 0 Å². The molecular formula is C15H25Cl2N3O2. The highest BCUT2D eigenvalue weighted by Crippen LogP contribution is 2.23. The molecule has 1 heterocycles. The van der Waals surface area contributed by atoms with Crippen molar-refractivity contribution in [3.05, 3.63) is 24.3 Å². The first-order chi connectivity index (χ1) is 9.79. The standard InChI is InChI=1S/C15H23N3O2.2ClH/c1-20-10-7-16-12-15(19)17-13-5-4-6-14(11-13)18-8-2-3-9-18;;/h4-6,11,16H,2-3,7-10,12H2,1H3,(H,17,19);2*1H. The molecule has 7 heteroatoms. The predicted octanol–water partition coefficient (Wildman–Crippen LogP) is 2.30. The molecule has 0 saturated carbocycles. The van der Waals surface area contributed by atoms with Crippen LogP contribution in [0.5, 0.6) is 0 Å². The number of nitrogens with zero attached hydrogens (tertiary/aromatic N) is 1. The molecule has 0 radical (unpaired) electrons. The number of benzene rings is 1. The Labute approximate surface area is 144 Å². The minimum Gasteiger partial charge on any atom is -0.383 e. The van der Waals surface area contributed by atoms with Crippen LogP contribution in [0.3, 0.4) is 0 Å². The summed E-state index contributed by atoms with van der Waals surface area (Å²) in [6.07, 6.45) is 2.50. The van der Waals surface area contributed by atoms with E-state index in [1.54, 1.807) is 7.11 Å². The number of methoxy groups -OCH3 is 1. The highest BCUT2D eigenvalue weighted by molar-refractivity contribution is 5.92. The lowest BCUT2D eigenvalue weighted by Crippen LogP contribution is -2.30. The molecule has 1 saturated heterocycles. The molecule has 0 atom stereocenters. The molecule has 1 aromatic rings. The van der Waals surface area contributed by atoms with E-state index in [4.69, 9.17) is 4.74 Å². The van der Waals surface area contributed by atoms with Gasteiger partial charge in [-0.1, -0.05) is 6.07 Å². The van der Waals surface area contributed by atoms with Gasteiger partial charge in [0.1, 0.15) is 0 Å². The minimum atomic E-state index is -0.0281. The predicted molar refractivity (Wildman–Crippen MR) is 95.8 cm³/mol. The second kappa shape index (κ2) is 11.5. The van der Waals surface area contributed by atoms with Crippen LogP contribution in [0.15, 0.2) is 24.3 Å². The van der Waals surface area contributed by atoms with Crippen LogP contribution in [0.25, 0.3) is 0 Å². The smallest absolute Gasteiger partial charge is 0.238 e. The van der Waals surface area contributed by atoms with E-state index in [2.05, 4.69) is 21.6 Å². The number of hydrogen-bond acceptors (Lipinski definition) is 4. The van der Waals surface area contributed by atoms with E-state index >= 15 is 0 Å². The molecule has 2 N–H and O–H groups in total. The van der Waals surface area contributed by atoms with Crippen LogP contribution in [0.1, 0.15) is 12.8 Å². The quantitative estimate of drug-likeness (QED) is 0.741. The Hall–Kier alpha value is -1.01. The van der Waals surface area contributed by atoms with Gasteiger partial charge in [0.05, 0.1) is 13.2 Å². The molecule has 22 heavy (non-hydrogen) atoms. The number of hydrogen-bond donors (Lipinski definition) is 2. The van der Waals surface area contributed by atoms with Crippen molar-refractivity contribution < 1.29 is 9.53 Å². The summed E-state index contributed by atoms with van der Waals surface area (Å²) in [7, 11) is 1.64. The maximum atomic E-state index is 11.8. The zero-order valence-corrected chi connectivity index (χ0v) is 14.5. The summed E-state index contributed by atoms with van der Waals surface area (Å²) in [6.45, 7) is 3.80. The van der Waals surface area contributed by atoms with Gasteiger partial charge < -0.3 is 20.3 Å². The summed E-state index contributed by atoms with van der Waals surface area (Å²) in [4.78, 5) is 14.1. The maximum Gasteiger partial charge on any atom is 0.238 e. The SMILES string of the molecule is COCCNCC(=O)Nc1cccc(N2CCCC2)c1.Cl.Cl. The Morgan fingerprint density at radius 1 is 1.27 bits per heavy atom. The van der Waals surface area contributed by atoms with Gasteiger partial charge in [0.15, 0.2) is 0 Å². The summed E-state index contributed by atoms with van der Waals surface area (Å²) < 4.78 is 4.91. The highest BCUT2D eigenvalue weighted by atomic mass is 35.5. The molecule has 1 aromatic carbocycles. The van der Waals surface area contributed by atoms with Gasteiger partial charge >= 0.3 is 0 Å². The third kappa shape index (κ3) is 6.83. The Morgan fingerprint density at radius 2 is 2.00 bits per heavy atom. The highest BCUT2D eigenvalue weighted by Gasteiger charge is 2.12. The number of ether oxygens (including phenoxy) is 1. The van der Waals surface area contributed by atoms with E-state index in [0.717, 1.165) is 18.8 Å². The molecule has 1 fully saturated rings. The zero-order valence-electron chi connectivity index (χ0n) is 12.8. The van der Waals surface area contributed by atoms with Crippen molar-refractivity contribution >= 4 is 42.1 Å². The third-order valence-electron chi connectivity index (χ3n) is 3.37. The summed E-state index contributed by atoms with van der Waals surface area (Å²) in [5.41, 5.74) is 2.04. The third-order valence-corrected chi connectivity index (χ3v) is 3.37. The van der Waals surface area contributed by atoms with Crippen LogP contribution in [-0.2, 0) is 9.53 Å². The van der Waals surface area contributed by atoms with Crippen molar-refractivity contribution in [3.63, 3.8) is 0 Å². The first-order valence-corrected chi connectivity index (χ1v) is 7.14. The Morgan fingerprint density at radius 3 is 2.68 bits per heavy atom. The van der Waals surface area contributed by atoms with Gasteiger partial charge in [-0.15, -0.1) is 24.8 Å². The molecule has 0 aromatic heterocycles. The molecular weight excluding hydrogens is 325 g/mol. The number of nitrogens with one attached hydrogen (secondary N) is 2. The van der Waals surface area contributed by atoms with E-state index in [0.29, 0.717) is 19.7 Å². The van der Waals surface area contributed by atoms with Crippen LogP contribution in [0, 0.1) is 0 Å². The van der Waals surface area contributed by atoms with Crippen LogP contribution in [0.2, 0.25) is 0 Å². The fraction of sp³-hybridized carbons (Fsp3) is 0.533. The number of rotatable bonds is 7. The lowest BCUT2D eigenvalue weighted by molar-refractivity contribution is -0.115. The second-order valence-electron chi connectivity index (χ2n) is 4.96. The zero-order chi connectivity index (χ0) is 14.2. The van der Waals surface area contributed by atoms with E-state index in [1.807, 2.05) is 18.2 Å². The fourth-order valence-electron chi connectivity index (χ4n) is 2.34.